The van der Waals surface area contributed by atoms with Gasteiger partial charge in [0.25, 0.3) is 0 Å². The summed E-state index contributed by atoms with van der Waals surface area (Å²) in [5.41, 5.74) is 10.6. The smallest absolute Gasteiger partial charge is 0.163 e. The van der Waals surface area contributed by atoms with E-state index in [0.29, 0.717) is 0 Å². The highest BCUT2D eigenvalue weighted by Gasteiger charge is 2.16. The number of fused-ring (bicyclic) bond motifs is 1. The van der Waals surface area contributed by atoms with Gasteiger partial charge in [-0.3, -0.25) is 4.98 Å². The molecule has 1 atom stereocenters. The molecule has 0 radical (unpaired) electrons. The van der Waals surface area contributed by atoms with Crippen LogP contribution in [-0.2, 0) is 0 Å². The van der Waals surface area contributed by atoms with Crippen molar-refractivity contribution in [2.45, 2.75) is 6.04 Å². The number of hydrogen-bond donors (Lipinski definition) is 1. The molecule has 1 unspecified atom stereocenters. The van der Waals surface area contributed by atoms with E-state index in [-0.39, 0.29) is 6.04 Å². The van der Waals surface area contributed by atoms with Gasteiger partial charge in [0.15, 0.2) is 5.65 Å². The molecule has 0 saturated heterocycles. The topological polar surface area (TPSA) is 78.3 Å². The third kappa shape index (κ3) is 3.40. The summed E-state index contributed by atoms with van der Waals surface area (Å²) in [7, 11) is 0. The monoisotopic (exact) mass is 393 g/mol. The summed E-state index contributed by atoms with van der Waals surface area (Å²) < 4.78 is 7.88. The van der Waals surface area contributed by atoms with Crippen molar-refractivity contribution >= 4 is 5.65 Å². The zero-order valence-corrected chi connectivity index (χ0v) is 16.1. The second-order valence-corrected chi connectivity index (χ2v) is 6.85. The summed E-state index contributed by atoms with van der Waals surface area (Å²) in [5.74, 6) is 1.51. The van der Waals surface area contributed by atoms with Crippen molar-refractivity contribution in [2.24, 2.45) is 5.73 Å². The van der Waals surface area contributed by atoms with Gasteiger partial charge >= 0.3 is 0 Å². The molecule has 2 aromatic carbocycles. The molecular formula is C24H19N5O. The molecule has 146 valence electrons. The van der Waals surface area contributed by atoms with E-state index in [1.54, 1.807) is 23.1 Å². The second-order valence-electron chi connectivity index (χ2n) is 6.85. The molecule has 6 heteroatoms. The highest BCUT2D eigenvalue weighted by atomic mass is 16.5. The standard InChI is InChI=1S/C24H19N5O/c25-23(17-7-6-13-26-15-17)21-12-14-29-24(28-21)20(16-27-29)19-10-4-5-11-22(19)30-18-8-2-1-3-9-18/h1-16,23H,25H2. The molecule has 0 aliphatic carbocycles. The van der Waals surface area contributed by atoms with Crippen molar-refractivity contribution in [2.75, 3.05) is 0 Å². The second kappa shape index (κ2) is 7.77. The fraction of sp³-hybridized carbons (Fsp3) is 0.0417. The Balaban J connectivity index is 1.57. The zero-order valence-electron chi connectivity index (χ0n) is 16.1. The van der Waals surface area contributed by atoms with Gasteiger partial charge in [0.05, 0.1) is 23.5 Å². The SMILES string of the molecule is NC(c1cccnc1)c1ccn2ncc(-c3ccccc3Oc3ccccc3)c2n1. The number of pyridine rings is 1. The molecule has 30 heavy (non-hydrogen) atoms. The van der Waals surface area contributed by atoms with Crippen LogP contribution in [0.15, 0.2) is 97.6 Å². The molecule has 0 spiro atoms. The largest absolute Gasteiger partial charge is 0.457 e. The third-order valence-electron chi connectivity index (χ3n) is 4.90. The van der Waals surface area contributed by atoms with E-state index in [2.05, 4.69) is 10.1 Å². The van der Waals surface area contributed by atoms with Crippen molar-refractivity contribution in [1.29, 1.82) is 0 Å². The van der Waals surface area contributed by atoms with Gasteiger partial charge in [-0.1, -0.05) is 42.5 Å². The lowest BCUT2D eigenvalue weighted by Gasteiger charge is -2.12. The van der Waals surface area contributed by atoms with Crippen LogP contribution >= 0.6 is 0 Å². The van der Waals surface area contributed by atoms with Crippen LogP contribution in [0.1, 0.15) is 17.3 Å². The maximum atomic E-state index is 6.44. The Morgan fingerprint density at radius 2 is 1.67 bits per heavy atom. The Morgan fingerprint density at radius 1 is 0.833 bits per heavy atom. The normalized spacial score (nSPS) is 12.0. The van der Waals surface area contributed by atoms with Crippen LogP contribution in [0.5, 0.6) is 11.5 Å². The molecule has 0 aliphatic heterocycles. The van der Waals surface area contributed by atoms with E-state index in [0.717, 1.165) is 39.5 Å². The predicted molar refractivity (Wildman–Crippen MR) is 115 cm³/mol. The lowest BCUT2D eigenvalue weighted by molar-refractivity contribution is 0.484. The number of para-hydroxylation sites is 2. The minimum Gasteiger partial charge on any atom is -0.457 e. The third-order valence-corrected chi connectivity index (χ3v) is 4.90. The Morgan fingerprint density at radius 3 is 2.50 bits per heavy atom. The maximum absolute atomic E-state index is 6.44. The summed E-state index contributed by atoms with van der Waals surface area (Å²) in [6.07, 6.45) is 7.16. The highest BCUT2D eigenvalue weighted by Crippen LogP contribution is 2.35. The molecule has 0 saturated carbocycles. The Labute approximate surface area is 173 Å². The average molecular weight is 393 g/mol. The zero-order chi connectivity index (χ0) is 20.3. The first-order valence-corrected chi connectivity index (χ1v) is 9.62. The molecule has 0 fully saturated rings. The van der Waals surface area contributed by atoms with Crippen molar-refractivity contribution in [3.8, 4) is 22.6 Å². The Hall–Kier alpha value is -4.03. The van der Waals surface area contributed by atoms with E-state index < -0.39 is 0 Å². The lowest BCUT2D eigenvalue weighted by Crippen LogP contribution is -2.14. The molecule has 3 heterocycles. The highest BCUT2D eigenvalue weighted by molar-refractivity contribution is 5.81. The summed E-state index contributed by atoms with van der Waals surface area (Å²) in [4.78, 5) is 8.99. The molecule has 5 rings (SSSR count). The van der Waals surface area contributed by atoms with Crippen LogP contribution in [0.25, 0.3) is 16.8 Å². The number of benzene rings is 2. The number of aromatic nitrogens is 4. The molecule has 2 N–H and O–H groups in total. The van der Waals surface area contributed by atoms with Crippen LogP contribution < -0.4 is 10.5 Å². The molecule has 6 nitrogen and oxygen atoms in total. The van der Waals surface area contributed by atoms with Gasteiger partial charge in [-0.25, -0.2) is 9.50 Å². The number of hydrogen-bond acceptors (Lipinski definition) is 5. The lowest BCUT2D eigenvalue weighted by atomic mass is 10.1. The first-order valence-electron chi connectivity index (χ1n) is 9.62. The van der Waals surface area contributed by atoms with Gasteiger partial charge < -0.3 is 10.5 Å². The van der Waals surface area contributed by atoms with E-state index in [9.17, 15) is 0 Å². The van der Waals surface area contributed by atoms with Crippen molar-refractivity contribution < 1.29 is 4.74 Å². The minimum absolute atomic E-state index is 0.373. The molecule has 5 aromatic rings. The van der Waals surface area contributed by atoms with E-state index in [1.807, 2.05) is 79.0 Å². The van der Waals surface area contributed by atoms with Crippen LogP contribution in [0, 0.1) is 0 Å². The molecular weight excluding hydrogens is 374 g/mol. The van der Waals surface area contributed by atoms with Crippen LogP contribution in [0.2, 0.25) is 0 Å². The van der Waals surface area contributed by atoms with Crippen molar-refractivity contribution in [3.63, 3.8) is 0 Å². The Kier molecular flexibility index (Phi) is 4.67. The quantitative estimate of drug-likeness (QED) is 0.471. The minimum atomic E-state index is -0.373. The molecule has 0 amide bonds. The average Bonchev–Trinajstić information content (AvgIpc) is 3.23. The fourth-order valence-electron chi connectivity index (χ4n) is 3.37. The molecule has 0 bridgehead atoms. The van der Waals surface area contributed by atoms with E-state index in [1.165, 1.54) is 0 Å². The number of ether oxygens (including phenoxy) is 1. The summed E-state index contributed by atoms with van der Waals surface area (Å²) in [6, 6.07) is 22.9. The first kappa shape index (κ1) is 18.0. The molecule has 3 aromatic heterocycles. The predicted octanol–water partition coefficient (Wildman–Crippen LogP) is 4.63. The van der Waals surface area contributed by atoms with Crippen molar-refractivity contribution in [3.05, 3.63) is 109 Å². The van der Waals surface area contributed by atoms with Crippen LogP contribution in [-0.4, -0.2) is 19.6 Å². The summed E-state index contributed by atoms with van der Waals surface area (Å²) in [5, 5.41) is 4.46. The number of rotatable bonds is 5. The molecule has 0 aliphatic rings. The number of nitrogens with two attached hydrogens (primary N) is 1. The van der Waals surface area contributed by atoms with Crippen LogP contribution in [0.4, 0.5) is 0 Å². The van der Waals surface area contributed by atoms with Crippen LogP contribution in [0.3, 0.4) is 0 Å². The van der Waals surface area contributed by atoms with Gasteiger partial charge in [0.2, 0.25) is 0 Å². The van der Waals surface area contributed by atoms with Gasteiger partial charge in [0, 0.05) is 24.2 Å². The van der Waals surface area contributed by atoms with Gasteiger partial charge in [-0.05, 0) is 35.9 Å². The Bertz CT molecular complexity index is 1290. The van der Waals surface area contributed by atoms with Gasteiger partial charge in [-0.2, -0.15) is 5.10 Å². The number of nitrogens with zero attached hydrogens (tertiary/aromatic N) is 4. The first-order chi connectivity index (χ1) is 14.8. The maximum Gasteiger partial charge on any atom is 0.163 e. The summed E-state index contributed by atoms with van der Waals surface area (Å²) >= 11 is 0. The van der Waals surface area contributed by atoms with E-state index >= 15 is 0 Å². The fourth-order valence-corrected chi connectivity index (χ4v) is 3.37. The summed E-state index contributed by atoms with van der Waals surface area (Å²) in [6.45, 7) is 0. The van der Waals surface area contributed by atoms with Crippen molar-refractivity contribution in [1.82, 2.24) is 19.6 Å². The van der Waals surface area contributed by atoms with Gasteiger partial charge in [-0.15, -0.1) is 0 Å². The van der Waals surface area contributed by atoms with E-state index in [4.69, 9.17) is 15.5 Å². The van der Waals surface area contributed by atoms with Gasteiger partial charge in [0.1, 0.15) is 11.5 Å².